The monoisotopic (exact) mass is 387 g/mol. The first kappa shape index (κ1) is 19.9. The molecule has 0 radical (unpaired) electrons. The number of amides is 2. The van der Waals surface area contributed by atoms with Gasteiger partial charge in [-0.2, -0.15) is 0 Å². The molecular weight excluding hydrogens is 362 g/mol. The van der Waals surface area contributed by atoms with Crippen LogP contribution in [0.4, 0.5) is 10.5 Å². The molecule has 150 valence electrons. The first-order valence-electron chi connectivity index (χ1n) is 9.50. The second-order valence-electron chi connectivity index (χ2n) is 7.71. The van der Waals surface area contributed by atoms with E-state index in [1.54, 1.807) is 19.1 Å². The molecule has 0 spiro atoms. The number of hydrogen-bond donors (Lipinski definition) is 2. The lowest BCUT2D eigenvalue weighted by Crippen LogP contribution is -2.45. The minimum Gasteiger partial charge on any atom is -0.459 e. The van der Waals surface area contributed by atoms with Gasteiger partial charge in [0.15, 0.2) is 0 Å². The molecule has 1 aromatic rings. The zero-order chi connectivity index (χ0) is 20.4. The number of ether oxygens (including phenoxy) is 1. The van der Waals surface area contributed by atoms with E-state index < -0.39 is 23.0 Å². The van der Waals surface area contributed by atoms with Gasteiger partial charge in [-0.25, -0.2) is 9.59 Å². The molecule has 0 aromatic heterocycles. The lowest BCUT2D eigenvalue weighted by Gasteiger charge is -2.33. The molecule has 1 fully saturated rings. The van der Waals surface area contributed by atoms with Crippen molar-refractivity contribution >= 4 is 17.7 Å². The van der Waals surface area contributed by atoms with E-state index in [1.807, 2.05) is 0 Å². The lowest BCUT2D eigenvalue weighted by molar-refractivity contribution is -0.384. The van der Waals surface area contributed by atoms with E-state index in [0.717, 1.165) is 19.3 Å². The third-order valence-corrected chi connectivity index (χ3v) is 5.75. The number of carbonyl (C=O) groups is 2. The van der Waals surface area contributed by atoms with Crippen molar-refractivity contribution in [3.8, 4) is 0 Å². The summed E-state index contributed by atoms with van der Waals surface area (Å²) in [6.07, 6.45) is 2.51. The Bertz CT molecular complexity index is 818. The summed E-state index contributed by atoms with van der Waals surface area (Å²) < 4.78 is 5.77. The topological polar surface area (TPSA) is 111 Å². The van der Waals surface area contributed by atoms with Crippen molar-refractivity contribution in [2.24, 2.45) is 11.8 Å². The fourth-order valence-electron chi connectivity index (χ4n) is 3.82. The number of carbonyl (C=O) groups excluding carboxylic acids is 2. The fraction of sp³-hybridized carbons (Fsp3) is 0.500. The van der Waals surface area contributed by atoms with E-state index >= 15 is 0 Å². The predicted octanol–water partition coefficient (Wildman–Crippen LogP) is 3.59. The molecule has 1 heterocycles. The van der Waals surface area contributed by atoms with Gasteiger partial charge in [-0.3, -0.25) is 10.1 Å². The van der Waals surface area contributed by atoms with Crippen LogP contribution in [0.15, 0.2) is 35.5 Å². The zero-order valence-corrected chi connectivity index (χ0v) is 16.2. The molecule has 1 aliphatic heterocycles. The summed E-state index contributed by atoms with van der Waals surface area (Å²) in [6.45, 7) is 6.02. The van der Waals surface area contributed by atoms with Crippen LogP contribution in [0.25, 0.3) is 0 Å². The molecule has 28 heavy (non-hydrogen) atoms. The first-order chi connectivity index (χ1) is 13.3. The van der Waals surface area contributed by atoms with Crippen LogP contribution in [-0.2, 0) is 9.53 Å². The number of nitrogens with one attached hydrogen (secondary N) is 2. The highest BCUT2D eigenvalue weighted by Crippen LogP contribution is 2.33. The Morgan fingerprint density at radius 2 is 1.86 bits per heavy atom. The van der Waals surface area contributed by atoms with Crippen LogP contribution in [0, 0.1) is 22.0 Å². The van der Waals surface area contributed by atoms with Crippen LogP contribution < -0.4 is 10.6 Å². The molecule has 0 unspecified atom stereocenters. The van der Waals surface area contributed by atoms with Gasteiger partial charge in [0, 0.05) is 17.8 Å². The van der Waals surface area contributed by atoms with E-state index in [9.17, 15) is 19.7 Å². The summed E-state index contributed by atoms with van der Waals surface area (Å²) in [4.78, 5) is 35.3. The van der Waals surface area contributed by atoms with Crippen molar-refractivity contribution < 1.29 is 19.2 Å². The van der Waals surface area contributed by atoms with Gasteiger partial charge in [-0.1, -0.05) is 13.8 Å². The summed E-state index contributed by atoms with van der Waals surface area (Å²) in [5, 5.41) is 16.2. The van der Waals surface area contributed by atoms with Crippen LogP contribution in [0.5, 0.6) is 0 Å². The Morgan fingerprint density at radius 1 is 1.18 bits per heavy atom. The molecule has 2 amide bonds. The number of nitro benzene ring substituents is 1. The molecule has 2 aliphatic rings. The SMILES string of the molecule is CC1=C(C(=O)O[C@@H]2CC[C@H](C)[C@@H](C)C2)[C@@H](c2ccc([N+](=O)[O-])cc2)NC(=O)N1. The Labute approximate surface area is 163 Å². The minimum atomic E-state index is -0.720. The molecule has 1 aromatic carbocycles. The van der Waals surface area contributed by atoms with Gasteiger partial charge >= 0.3 is 12.0 Å². The maximum atomic E-state index is 13.0. The molecular formula is C20H25N3O5. The number of esters is 1. The maximum Gasteiger partial charge on any atom is 0.338 e. The summed E-state index contributed by atoms with van der Waals surface area (Å²) >= 11 is 0. The normalized spacial score (nSPS) is 27.6. The minimum absolute atomic E-state index is 0.0563. The lowest BCUT2D eigenvalue weighted by atomic mass is 9.80. The number of non-ortho nitro benzene ring substituents is 1. The largest absolute Gasteiger partial charge is 0.459 e. The molecule has 8 nitrogen and oxygen atoms in total. The van der Waals surface area contributed by atoms with Crippen LogP contribution in [-0.4, -0.2) is 23.0 Å². The van der Waals surface area contributed by atoms with Crippen LogP contribution in [0.2, 0.25) is 0 Å². The number of nitrogens with zero attached hydrogens (tertiary/aromatic N) is 1. The first-order valence-corrected chi connectivity index (χ1v) is 9.50. The highest BCUT2D eigenvalue weighted by molar-refractivity contribution is 5.95. The van der Waals surface area contributed by atoms with Gasteiger partial charge in [0.05, 0.1) is 16.5 Å². The number of rotatable bonds is 4. The highest BCUT2D eigenvalue weighted by atomic mass is 16.6. The molecule has 3 rings (SSSR count). The Balaban J connectivity index is 1.83. The molecule has 0 bridgehead atoms. The number of benzene rings is 1. The van der Waals surface area contributed by atoms with Gasteiger partial charge in [0.1, 0.15) is 6.10 Å². The molecule has 2 N–H and O–H groups in total. The standard InChI is InChI=1S/C20H25N3O5/c1-11-4-9-16(10-12(11)2)28-19(24)17-13(3)21-20(25)22-18(17)14-5-7-15(8-6-14)23(26)27/h5-8,11-12,16,18H,4,9-10H2,1-3H3,(H2,21,22,25)/t11-,12-,16+,18+/m0/s1. The van der Waals surface area contributed by atoms with Crippen molar-refractivity contribution in [1.82, 2.24) is 10.6 Å². The highest BCUT2D eigenvalue weighted by Gasteiger charge is 2.35. The maximum absolute atomic E-state index is 13.0. The van der Waals surface area contributed by atoms with Crippen LogP contribution in [0.1, 0.15) is 51.6 Å². The zero-order valence-electron chi connectivity index (χ0n) is 16.2. The van der Waals surface area contributed by atoms with E-state index in [0.29, 0.717) is 28.7 Å². The second-order valence-corrected chi connectivity index (χ2v) is 7.71. The molecule has 1 aliphatic carbocycles. The quantitative estimate of drug-likeness (QED) is 0.466. The Kier molecular flexibility index (Phi) is 5.67. The van der Waals surface area contributed by atoms with Gasteiger partial charge in [-0.05, 0) is 55.7 Å². The fourth-order valence-corrected chi connectivity index (χ4v) is 3.82. The summed E-state index contributed by atoms with van der Waals surface area (Å²) in [7, 11) is 0. The van der Waals surface area contributed by atoms with Crippen LogP contribution in [0.3, 0.4) is 0 Å². The molecule has 4 atom stereocenters. The van der Waals surface area contributed by atoms with E-state index in [2.05, 4.69) is 24.5 Å². The third kappa shape index (κ3) is 4.16. The van der Waals surface area contributed by atoms with Crippen LogP contribution >= 0.6 is 0 Å². The smallest absolute Gasteiger partial charge is 0.338 e. The number of nitro groups is 1. The Morgan fingerprint density at radius 3 is 2.46 bits per heavy atom. The van der Waals surface area contributed by atoms with E-state index in [1.165, 1.54) is 12.1 Å². The molecule has 1 saturated carbocycles. The Hall–Kier alpha value is -2.90. The number of allylic oxidation sites excluding steroid dienone is 1. The number of hydrogen-bond acceptors (Lipinski definition) is 5. The van der Waals surface area contributed by atoms with E-state index in [-0.39, 0.29) is 11.8 Å². The third-order valence-electron chi connectivity index (χ3n) is 5.75. The van der Waals surface area contributed by atoms with Gasteiger partial charge in [0.2, 0.25) is 0 Å². The average molecular weight is 387 g/mol. The summed E-state index contributed by atoms with van der Waals surface area (Å²) in [5.74, 6) is 0.621. The number of urea groups is 1. The second kappa shape index (κ2) is 8.00. The van der Waals surface area contributed by atoms with E-state index in [4.69, 9.17) is 4.74 Å². The molecule has 8 heteroatoms. The summed E-state index contributed by atoms with van der Waals surface area (Å²) in [6, 6.07) is 4.64. The summed E-state index contributed by atoms with van der Waals surface area (Å²) in [5.41, 5.74) is 1.27. The molecule has 0 saturated heterocycles. The van der Waals surface area contributed by atoms with Crippen molar-refractivity contribution in [3.63, 3.8) is 0 Å². The van der Waals surface area contributed by atoms with Gasteiger partial charge in [0.25, 0.3) is 5.69 Å². The van der Waals surface area contributed by atoms with Crippen molar-refractivity contribution in [2.75, 3.05) is 0 Å². The van der Waals surface area contributed by atoms with Gasteiger partial charge < -0.3 is 15.4 Å². The average Bonchev–Trinajstić information content (AvgIpc) is 2.64. The van der Waals surface area contributed by atoms with Gasteiger partial charge in [-0.15, -0.1) is 0 Å². The van der Waals surface area contributed by atoms with Crippen molar-refractivity contribution in [1.29, 1.82) is 0 Å². The van der Waals surface area contributed by atoms with Crippen molar-refractivity contribution in [2.45, 2.75) is 52.2 Å². The van der Waals surface area contributed by atoms with Crippen molar-refractivity contribution in [3.05, 3.63) is 51.2 Å². The predicted molar refractivity (Wildman–Crippen MR) is 102 cm³/mol.